The van der Waals surface area contributed by atoms with E-state index in [2.05, 4.69) is 22.4 Å². The van der Waals surface area contributed by atoms with Crippen molar-refractivity contribution in [1.29, 1.82) is 0 Å². The summed E-state index contributed by atoms with van der Waals surface area (Å²) in [5.41, 5.74) is 11.2. The van der Waals surface area contributed by atoms with E-state index in [4.69, 9.17) is 5.73 Å². The van der Waals surface area contributed by atoms with Gasteiger partial charge in [0.2, 0.25) is 0 Å². The van der Waals surface area contributed by atoms with Gasteiger partial charge in [-0.3, -0.25) is 9.79 Å². The molecule has 0 aliphatic heterocycles. The smallest absolute Gasteiger partial charge is 0.271 e. The molecule has 0 aliphatic rings. The molecule has 0 saturated carbocycles. The maximum Gasteiger partial charge on any atom is 0.271 e. The first kappa shape index (κ1) is 17.4. The molecular formula is C19H22N4O. The number of nitrogen functional groups attached to an aromatic ring is 1. The number of hydrogen-bond donors (Lipinski definition) is 2. The molecule has 0 aliphatic carbocycles. The van der Waals surface area contributed by atoms with Gasteiger partial charge in [0, 0.05) is 24.0 Å². The van der Waals surface area contributed by atoms with Crippen molar-refractivity contribution in [3.8, 4) is 0 Å². The van der Waals surface area contributed by atoms with Crippen molar-refractivity contribution < 1.29 is 4.79 Å². The summed E-state index contributed by atoms with van der Waals surface area (Å²) in [6.45, 7) is 3.01. The van der Waals surface area contributed by atoms with Crippen molar-refractivity contribution in [2.75, 3.05) is 12.3 Å². The predicted molar refractivity (Wildman–Crippen MR) is 99.7 cm³/mol. The summed E-state index contributed by atoms with van der Waals surface area (Å²) in [6.07, 6.45) is 5.73. The summed E-state index contributed by atoms with van der Waals surface area (Å²) < 4.78 is 0. The second-order valence-electron chi connectivity index (χ2n) is 5.38. The normalized spacial score (nSPS) is 11.2. The van der Waals surface area contributed by atoms with Crippen molar-refractivity contribution in [1.82, 2.24) is 5.43 Å². The zero-order valence-electron chi connectivity index (χ0n) is 13.8. The summed E-state index contributed by atoms with van der Waals surface area (Å²) in [5.74, 6) is -0.272. The van der Waals surface area contributed by atoms with E-state index in [9.17, 15) is 4.79 Å². The number of carbonyl (C=O) groups is 1. The highest BCUT2D eigenvalue weighted by Gasteiger charge is 2.02. The van der Waals surface area contributed by atoms with Gasteiger partial charge in [0.05, 0.1) is 6.21 Å². The molecule has 3 N–H and O–H groups in total. The number of unbranched alkanes of at least 4 members (excludes halogenated alkanes) is 1. The molecule has 0 spiro atoms. The molecule has 0 aromatic heterocycles. The molecule has 0 radical (unpaired) electrons. The molecule has 5 heteroatoms. The SMILES string of the molecule is CCCCN=Cc1ccc(/C=N/NC(=O)c2ccc(N)cc2)cc1. The predicted octanol–water partition coefficient (Wildman–Crippen LogP) is 3.25. The van der Waals surface area contributed by atoms with Gasteiger partial charge in [-0.05, 0) is 41.8 Å². The van der Waals surface area contributed by atoms with Gasteiger partial charge in [0.25, 0.3) is 5.91 Å². The zero-order chi connectivity index (χ0) is 17.2. The van der Waals surface area contributed by atoms with E-state index < -0.39 is 0 Å². The second-order valence-corrected chi connectivity index (χ2v) is 5.38. The molecule has 0 fully saturated rings. The van der Waals surface area contributed by atoms with E-state index in [1.54, 1.807) is 30.5 Å². The van der Waals surface area contributed by atoms with E-state index in [1.165, 1.54) is 0 Å². The van der Waals surface area contributed by atoms with Crippen LogP contribution in [0.5, 0.6) is 0 Å². The standard InChI is InChI=1S/C19H22N4O/c1-2-3-12-21-13-15-4-6-16(7-5-15)14-22-23-19(24)17-8-10-18(20)11-9-17/h4-11,13-14H,2-3,12,20H2,1H3,(H,23,24)/b21-13?,22-14+. The van der Waals surface area contributed by atoms with Gasteiger partial charge in [-0.2, -0.15) is 5.10 Å². The highest BCUT2D eigenvalue weighted by molar-refractivity contribution is 5.95. The summed E-state index contributed by atoms with van der Waals surface area (Å²) in [7, 11) is 0. The van der Waals surface area contributed by atoms with Crippen molar-refractivity contribution in [3.05, 3.63) is 65.2 Å². The molecule has 0 heterocycles. The molecule has 2 aromatic rings. The van der Waals surface area contributed by atoms with Crippen LogP contribution in [0.1, 0.15) is 41.3 Å². The number of nitrogens with one attached hydrogen (secondary N) is 1. The van der Waals surface area contributed by atoms with Crippen molar-refractivity contribution in [2.24, 2.45) is 10.1 Å². The van der Waals surface area contributed by atoms with Crippen molar-refractivity contribution >= 4 is 24.0 Å². The molecular weight excluding hydrogens is 300 g/mol. The molecule has 2 rings (SSSR count). The second kappa shape index (κ2) is 9.25. The minimum atomic E-state index is -0.272. The average Bonchev–Trinajstić information content (AvgIpc) is 2.60. The maximum atomic E-state index is 11.9. The van der Waals surface area contributed by atoms with E-state index in [0.717, 1.165) is 30.5 Å². The molecule has 2 aromatic carbocycles. The van der Waals surface area contributed by atoms with Gasteiger partial charge < -0.3 is 5.73 Å². The Morgan fingerprint density at radius 3 is 2.29 bits per heavy atom. The van der Waals surface area contributed by atoms with E-state index in [1.807, 2.05) is 30.5 Å². The number of hydrazone groups is 1. The summed E-state index contributed by atoms with van der Waals surface area (Å²) in [6, 6.07) is 14.5. The lowest BCUT2D eigenvalue weighted by atomic mass is 10.1. The summed E-state index contributed by atoms with van der Waals surface area (Å²) in [5, 5.41) is 3.97. The van der Waals surface area contributed by atoms with Crippen LogP contribution in [0.2, 0.25) is 0 Å². The van der Waals surface area contributed by atoms with Crippen LogP contribution in [-0.4, -0.2) is 24.9 Å². The van der Waals surface area contributed by atoms with Crippen LogP contribution in [0.4, 0.5) is 5.69 Å². The molecule has 1 amide bonds. The third kappa shape index (κ3) is 5.68. The summed E-state index contributed by atoms with van der Waals surface area (Å²) >= 11 is 0. The number of anilines is 1. The first-order valence-corrected chi connectivity index (χ1v) is 7.98. The lowest BCUT2D eigenvalue weighted by molar-refractivity contribution is 0.0955. The Morgan fingerprint density at radius 1 is 1.04 bits per heavy atom. The number of hydrogen-bond acceptors (Lipinski definition) is 4. The van der Waals surface area contributed by atoms with Crippen LogP contribution in [0, 0.1) is 0 Å². The van der Waals surface area contributed by atoms with Gasteiger partial charge >= 0.3 is 0 Å². The lowest BCUT2D eigenvalue weighted by Gasteiger charge is -2.00. The highest BCUT2D eigenvalue weighted by Crippen LogP contribution is 2.05. The number of nitrogens with two attached hydrogens (primary N) is 1. The molecule has 0 atom stereocenters. The Labute approximate surface area is 142 Å². The number of benzene rings is 2. The van der Waals surface area contributed by atoms with Gasteiger partial charge in [-0.1, -0.05) is 37.6 Å². The van der Waals surface area contributed by atoms with E-state index in [0.29, 0.717) is 11.3 Å². The molecule has 0 saturated heterocycles. The first-order valence-electron chi connectivity index (χ1n) is 7.98. The largest absolute Gasteiger partial charge is 0.399 e. The molecule has 124 valence electrons. The van der Waals surface area contributed by atoms with Gasteiger partial charge in [0.15, 0.2) is 0 Å². The fourth-order valence-corrected chi connectivity index (χ4v) is 1.95. The van der Waals surface area contributed by atoms with E-state index in [-0.39, 0.29) is 5.91 Å². The van der Waals surface area contributed by atoms with Crippen LogP contribution in [-0.2, 0) is 0 Å². The molecule has 24 heavy (non-hydrogen) atoms. The van der Waals surface area contributed by atoms with Crippen LogP contribution >= 0.6 is 0 Å². The molecule has 0 bridgehead atoms. The highest BCUT2D eigenvalue weighted by atomic mass is 16.2. The molecule has 0 unspecified atom stereocenters. The first-order chi connectivity index (χ1) is 11.7. The van der Waals surface area contributed by atoms with Gasteiger partial charge in [0.1, 0.15) is 0 Å². The Kier molecular flexibility index (Phi) is 6.71. The number of nitrogens with zero attached hydrogens (tertiary/aromatic N) is 2. The van der Waals surface area contributed by atoms with Gasteiger partial charge in [-0.25, -0.2) is 5.43 Å². The van der Waals surface area contributed by atoms with Crippen LogP contribution in [0.3, 0.4) is 0 Å². The van der Waals surface area contributed by atoms with Crippen molar-refractivity contribution in [3.63, 3.8) is 0 Å². The van der Waals surface area contributed by atoms with E-state index >= 15 is 0 Å². The van der Waals surface area contributed by atoms with Crippen LogP contribution in [0.15, 0.2) is 58.6 Å². The Morgan fingerprint density at radius 2 is 1.67 bits per heavy atom. The third-order valence-electron chi connectivity index (χ3n) is 3.37. The lowest BCUT2D eigenvalue weighted by Crippen LogP contribution is -2.17. The average molecular weight is 322 g/mol. The zero-order valence-corrected chi connectivity index (χ0v) is 13.8. The summed E-state index contributed by atoms with van der Waals surface area (Å²) in [4.78, 5) is 16.3. The number of aliphatic imine (C=N–C) groups is 1. The third-order valence-corrected chi connectivity index (χ3v) is 3.37. The van der Waals surface area contributed by atoms with Crippen molar-refractivity contribution in [2.45, 2.75) is 19.8 Å². The Hall–Kier alpha value is -2.95. The maximum absolute atomic E-state index is 11.9. The van der Waals surface area contributed by atoms with Crippen LogP contribution in [0.25, 0.3) is 0 Å². The fourth-order valence-electron chi connectivity index (χ4n) is 1.95. The minimum Gasteiger partial charge on any atom is -0.399 e. The fraction of sp³-hybridized carbons (Fsp3) is 0.211. The minimum absolute atomic E-state index is 0.272. The topological polar surface area (TPSA) is 79.8 Å². The Bertz CT molecular complexity index is 703. The van der Waals surface area contributed by atoms with Crippen LogP contribution < -0.4 is 11.2 Å². The number of carbonyl (C=O) groups excluding carboxylic acids is 1. The Balaban J connectivity index is 1.86. The molecule has 5 nitrogen and oxygen atoms in total. The number of rotatable bonds is 7. The monoisotopic (exact) mass is 322 g/mol. The number of amides is 1. The van der Waals surface area contributed by atoms with Gasteiger partial charge in [-0.15, -0.1) is 0 Å². The quantitative estimate of drug-likeness (QED) is 0.355.